The van der Waals surface area contributed by atoms with Crippen LogP contribution in [0.1, 0.15) is 26.3 Å². The lowest BCUT2D eigenvalue weighted by Crippen LogP contribution is -2.25. The Morgan fingerprint density at radius 2 is 1.78 bits per heavy atom. The molecule has 1 aliphatic rings. The van der Waals surface area contributed by atoms with E-state index >= 15 is 0 Å². The lowest BCUT2D eigenvalue weighted by molar-refractivity contribution is 0.0952. The second-order valence-electron chi connectivity index (χ2n) is 6.97. The van der Waals surface area contributed by atoms with Gasteiger partial charge in [0, 0.05) is 11.9 Å². The summed E-state index contributed by atoms with van der Waals surface area (Å²) < 4.78 is 15.8. The van der Waals surface area contributed by atoms with Crippen molar-refractivity contribution in [2.75, 3.05) is 12.1 Å². The zero-order chi connectivity index (χ0) is 22.1. The summed E-state index contributed by atoms with van der Waals surface area (Å²) in [6, 6.07) is 15.4. The van der Waals surface area contributed by atoms with Gasteiger partial charge in [-0.05, 0) is 41.3 Å². The van der Waals surface area contributed by atoms with E-state index in [1.807, 2.05) is 6.07 Å². The maximum Gasteiger partial charge on any atom is 0.349 e. The summed E-state index contributed by atoms with van der Waals surface area (Å²) in [6.07, 6.45) is 0. The number of carbonyl (C=O) groups excluding carboxylic acids is 2. The number of hydrogen-bond acceptors (Lipinski definition) is 7. The number of nitrogens with one attached hydrogen (secondary N) is 2. The van der Waals surface area contributed by atoms with Gasteiger partial charge in [-0.2, -0.15) is 0 Å². The van der Waals surface area contributed by atoms with Crippen molar-refractivity contribution in [2.24, 2.45) is 0 Å². The minimum atomic E-state index is -0.744. The molecule has 0 bridgehead atoms. The summed E-state index contributed by atoms with van der Waals surface area (Å²) >= 11 is 1.19. The van der Waals surface area contributed by atoms with Crippen LogP contribution in [0.3, 0.4) is 0 Å². The standard InChI is InChI=1S/C23H16N2O6S/c26-20(24-11-13-5-6-18-19(9-13)30-12-29-18)15-7-8-32-22(15)25-21(27)16-10-14-3-1-2-4-17(14)31-23(16)28/h1-10H,11-12H2,(H,24,26)(H,25,27). The van der Waals surface area contributed by atoms with Crippen molar-refractivity contribution < 1.29 is 23.5 Å². The molecule has 0 radical (unpaired) electrons. The number of amides is 2. The molecule has 160 valence electrons. The van der Waals surface area contributed by atoms with Crippen LogP contribution in [-0.4, -0.2) is 18.6 Å². The molecule has 0 aliphatic carbocycles. The first-order chi connectivity index (χ1) is 15.6. The van der Waals surface area contributed by atoms with Crippen LogP contribution in [-0.2, 0) is 6.54 Å². The minimum Gasteiger partial charge on any atom is -0.454 e. The van der Waals surface area contributed by atoms with E-state index in [-0.39, 0.29) is 24.8 Å². The minimum absolute atomic E-state index is 0.135. The molecule has 0 spiro atoms. The third-order valence-corrected chi connectivity index (χ3v) is 5.74. The van der Waals surface area contributed by atoms with Gasteiger partial charge in [0.05, 0.1) is 5.56 Å². The largest absolute Gasteiger partial charge is 0.454 e. The second kappa shape index (κ2) is 8.20. The zero-order valence-corrected chi connectivity index (χ0v) is 17.4. The normalized spacial score (nSPS) is 12.0. The van der Waals surface area contributed by atoms with Gasteiger partial charge in [-0.3, -0.25) is 9.59 Å². The fourth-order valence-corrected chi connectivity index (χ4v) is 4.08. The van der Waals surface area contributed by atoms with Crippen molar-refractivity contribution in [1.29, 1.82) is 0 Å². The van der Waals surface area contributed by atoms with Gasteiger partial charge < -0.3 is 24.5 Å². The summed E-state index contributed by atoms with van der Waals surface area (Å²) in [5.74, 6) is 0.303. The van der Waals surface area contributed by atoms with E-state index in [0.717, 1.165) is 5.56 Å². The quantitative estimate of drug-likeness (QED) is 0.450. The Labute approximate surface area is 185 Å². The van der Waals surface area contributed by atoms with Crippen LogP contribution in [0.25, 0.3) is 11.0 Å². The van der Waals surface area contributed by atoms with Crippen LogP contribution in [0, 0.1) is 0 Å². The molecule has 32 heavy (non-hydrogen) atoms. The summed E-state index contributed by atoms with van der Waals surface area (Å²) in [7, 11) is 0. The third kappa shape index (κ3) is 3.81. The van der Waals surface area contributed by atoms with E-state index in [4.69, 9.17) is 13.9 Å². The maximum absolute atomic E-state index is 12.7. The average Bonchev–Trinajstić information content (AvgIpc) is 3.46. The number of hydrogen-bond donors (Lipinski definition) is 2. The fourth-order valence-electron chi connectivity index (χ4n) is 3.30. The van der Waals surface area contributed by atoms with Crippen molar-refractivity contribution in [2.45, 2.75) is 6.54 Å². The lowest BCUT2D eigenvalue weighted by Gasteiger charge is -2.08. The molecule has 1 aliphatic heterocycles. The first-order valence-electron chi connectivity index (χ1n) is 9.67. The molecule has 0 fully saturated rings. The van der Waals surface area contributed by atoms with Crippen molar-refractivity contribution in [1.82, 2.24) is 5.32 Å². The van der Waals surface area contributed by atoms with Crippen LogP contribution < -0.4 is 25.7 Å². The van der Waals surface area contributed by atoms with Gasteiger partial charge in [-0.15, -0.1) is 11.3 Å². The first-order valence-corrected chi connectivity index (χ1v) is 10.5. The number of ether oxygens (including phenoxy) is 2. The Hall–Kier alpha value is -4.11. The van der Waals surface area contributed by atoms with E-state index in [1.54, 1.807) is 47.8 Å². The van der Waals surface area contributed by atoms with Crippen LogP contribution in [0.2, 0.25) is 0 Å². The van der Waals surface area contributed by atoms with E-state index in [9.17, 15) is 14.4 Å². The Bertz CT molecular complexity index is 1410. The van der Waals surface area contributed by atoms with Crippen LogP contribution in [0.5, 0.6) is 11.5 Å². The van der Waals surface area contributed by atoms with E-state index in [2.05, 4.69) is 10.6 Å². The van der Waals surface area contributed by atoms with Crippen LogP contribution in [0.4, 0.5) is 5.00 Å². The molecule has 2 amide bonds. The number of thiophene rings is 1. The Morgan fingerprint density at radius 1 is 0.938 bits per heavy atom. The predicted molar refractivity (Wildman–Crippen MR) is 118 cm³/mol. The van der Waals surface area contributed by atoms with Gasteiger partial charge >= 0.3 is 5.63 Å². The number of rotatable bonds is 5. The summed E-state index contributed by atoms with van der Waals surface area (Å²) in [4.78, 5) is 37.7. The van der Waals surface area contributed by atoms with Gasteiger partial charge in [-0.25, -0.2) is 4.79 Å². The highest BCUT2D eigenvalue weighted by molar-refractivity contribution is 7.14. The van der Waals surface area contributed by atoms with Crippen molar-refractivity contribution in [3.05, 3.63) is 87.1 Å². The third-order valence-electron chi connectivity index (χ3n) is 4.91. The topological polar surface area (TPSA) is 107 Å². The molecule has 0 unspecified atom stereocenters. The first kappa shape index (κ1) is 19.8. The van der Waals surface area contributed by atoms with Gasteiger partial charge in [0.15, 0.2) is 11.5 Å². The molecular weight excluding hydrogens is 432 g/mol. The molecular formula is C23H16N2O6S. The maximum atomic E-state index is 12.7. The number of anilines is 1. The molecule has 8 nitrogen and oxygen atoms in total. The van der Waals surface area contributed by atoms with Gasteiger partial charge in [-0.1, -0.05) is 24.3 Å². The summed E-state index contributed by atoms with van der Waals surface area (Å²) in [5, 5.41) is 8.13. The average molecular weight is 448 g/mol. The number of benzene rings is 2. The predicted octanol–water partition coefficient (Wildman–Crippen LogP) is 3.77. The molecule has 3 heterocycles. The fraction of sp³-hybridized carbons (Fsp3) is 0.0870. The highest BCUT2D eigenvalue weighted by atomic mass is 32.1. The highest BCUT2D eigenvalue weighted by Crippen LogP contribution is 2.32. The molecule has 9 heteroatoms. The molecule has 2 aromatic heterocycles. The number of para-hydroxylation sites is 1. The van der Waals surface area contributed by atoms with Crippen LogP contribution in [0.15, 0.2) is 69.2 Å². The lowest BCUT2D eigenvalue weighted by atomic mass is 10.1. The number of fused-ring (bicyclic) bond motifs is 2. The molecule has 0 saturated carbocycles. The monoisotopic (exact) mass is 448 g/mol. The zero-order valence-electron chi connectivity index (χ0n) is 16.5. The summed E-state index contributed by atoms with van der Waals surface area (Å²) in [5.41, 5.74) is 0.663. The van der Waals surface area contributed by atoms with E-state index in [1.165, 1.54) is 17.4 Å². The Kier molecular flexibility index (Phi) is 5.08. The molecule has 0 saturated heterocycles. The van der Waals surface area contributed by atoms with Crippen molar-refractivity contribution in [3.8, 4) is 11.5 Å². The molecule has 2 aromatic carbocycles. The molecule has 4 aromatic rings. The van der Waals surface area contributed by atoms with Crippen LogP contribution >= 0.6 is 11.3 Å². The van der Waals surface area contributed by atoms with E-state index < -0.39 is 11.5 Å². The van der Waals surface area contributed by atoms with E-state index in [0.29, 0.717) is 33.0 Å². The Morgan fingerprint density at radius 3 is 2.69 bits per heavy atom. The second-order valence-corrected chi connectivity index (χ2v) is 7.89. The van der Waals surface area contributed by atoms with Crippen molar-refractivity contribution >= 4 is 39.1 Å². The van der Waals surface area contributed by atoms with Gasteiger partial charge in [0.25, 0.3) is 11.8 Å². The van der Waals surface area contributed by atoms with Crippen molar-refractivity contribution in [3.63, 3.8) is 0 Å². The highest BCUT2D eigenvalue weighted by Gasteiger charge is 2.19. The molecule has 0 atom stereocenters. The molecule has 5 rings (SSSR count). The van der Waals surface area contributed by atoms with Gasteiger partial charge in [0.1, 0.15) is 16.1 Å². The number of carbonyl (C=O) groups is 2. The smallest absolute Gasteiger partial charge is 0.349 e. The SMILES string of the molecule is O=C(NCc1ccc2c(c1)OCO2)c1ccsc1NC(=O)c1cc2ccccc2oc1=O. The summed E-state index contributed by atoms with van der Waals surface area (Å²) in [6.45, 7) is 0.450. The molecule has 2 N–H and O–H groups in total. The van der Waals surface area contributed by atoms with Gasteiger partial charge in [0.2, 0.25) is 6.79 Å². The Balaban J connectivity index is 1.30.